The number of aryl methyl sites for hydroxylation is 2. The largest absolute Gasteiger partial charge is 0.207 e. The molecule has 0 aliphatic rings. The maximum atomic E-state index is 13.7. The Kier molecular flexibility index (Phi) is 4.30. The van der Waals surface area contributed by atoms with Crippen LogP contribution in [0.5, 0.6) is 0 Å². The summed E-state index contributed by atoms with van der Waals surface area (Å²) in [7, 11) is -0.281. The highest BCUT2D eigenvalue weighted by molar-refractivity contribution is 7.97. The molecule has 3 aromatic carbocycles. The minimum absolute atomic E-state index is 0.186. The van der Waals surface area contributed by atoms with Crippen molar-refractivity contribution in [2.75, 3.05) is 0 Å². The van der Waals surface area contributed by atoms with Gasteiger partial charge < -0.3 is 0 Å². The number of rotatable bonds is 3. The van der Waals surface area contributed by atoms with Gasteiger partial charge in [0, 0.05) is 6.07 Å². The highest BCUT2D eigenvalue weighted by atomic mass is 32.2. The fourth-order valence-corrected chi connectivity index (χ4v) is 4.43. The third-order valence-electron chi connectivity index (χ3n) is 3.55. The Balaban J connectivity index is 2.13. The van der Waals surface area contributed by atoms with E-state index in [-0.39, 0.29) is 16.7 Å². The molecule has 0 aromatic heterocycles. The molecule has 0 spiro atoms. The van der Waals surface area contributed by atoms with E-state index >= 15 is 0 Å². The van der Waals surface area contributed by atoms with Gasteiger partial charge in [-0.05, 0) is 50.2 Å². The lowest BCUT2D eigenvalue weighted by atomic mass is 10.2. The second-order valence-corrected chi connectivity index (χ2v) is 7.42. The summed E-state index contributed by atoms with van der Waals surface area (Å²) in [6.45, 7) is 4.16. The predicted molar refractivity (Wildman–Crippen MR) is 90.9 cm³/mol. The van der Waals surface area contributed by atoms with Crippen LogP contribution in [0, 0.1) is 19.7 Å². The summed E-state index contributed by atoms with van der Waals surface area (Å²) in [6, 6.07) is 24.0. The van der Waals surface area contributed by atoms with E-state index in [1.54, 1.807) is 12.1 Å². The molecule has 0 radical (unpaired) electrons. The molecule has 0 saturated carbocycles. The van der Waals surface area contributed by atoms with E-state index < -0.39 is 0 Å². The van der Waals surface area contributed by atoms with Crippen molar-refractivity contribution < 1.29 is 4.39 Å². The van der Waals surface area contributed by atoms with E-state index in [1.807, 2.05) is 6.07 Å². The van der Waals surface area contributed by atoms with Crippen LogP contribution in [0.3, 0.4) is 0 Å². The van der Waals surface area contributed by atoms with Gasteiger partial charge in [0.25, 0.3) is 0 Å². The molecule has 0 unspecified atom stereocenters. The summed E-state index contributed by atoms with van der Waals surface area (Å²) >= 11 is 0. The highest BCUT2D eigenvalue weighted by Crippen LogP contribution is 2.31. The maximum absolute atomic E-state index is 13.7. The number of hydrogen-bond acceptors (Lipinski definition) is 0. The van der Waals surface area contributed by atoms with Crippen molar-refractivity contribution >= 4 is 10.9 Å². The van der Waals surface area contributed by atoms with Crippen LogP contribution in [0.25, 0.3) is 0 Å². The van der Waals surface area contributed by atoms with Gasteiger partial charge in [0.2, 0.25) is 0 Å². The molecule has 0 aliphatic heterocycles. The van der Waals surface area contributed by atoms with Gasteiger partial charge in [-0.3, -0.25) is 0 Å². The zero-order chi connectivity index (χ0) is 15.5. The molecule has 22 heavy (non-hydrogen) atoms. The van der Waals surface area contributed by atoms with Gasteiger partial charge in [0.1, 0.15) is 5.82 Å². The summed E-state index contributed by atoms with van der Waals surface area (Å²) in [5.41, 5.74) is 2.46. The van der Waals surface area contributed by atoms with Crippen molar-refractivity contribution in [3.63, 3.8) is 0 Å². The Bertz CT molecular complexity index is 715. The molecule has 0 saturated heterocycles. The first-order valence-corrected chi connectivity index (χ1v) is 8.49. The van der Waals surface area contributed by atoms with Gasteiger partial charge >= 0.3 is 0 Å². The average Bonchev–Trinajstić information content (AvgIpc) is 2.51. The molecular weight excluding hydrogens is 291 g/mol. The Labute approximate surface area is 134 Å². The molecule has 0 atom stereocenters. The van der Waals surface area contributed by atoms with E-state index in [1.165, 1.54) is 27.0 Å². The first-order valence-electron chi connectivity index (χ1n) is 7.27. The van der Waals surface area contributed by atoms with Crippen molar-refractivity contribution in [1.29, 1.82) is 0 Å². The summed E-state index contributed by atoms with van der Waals surface area (Å²) in [6.07, 6.45) is 0. The van der Waals surface area contributed by atoms with Crippen LogP contribution < -0.4 is 0 Å². The third kappa shape index (κ3) is 3.23. The predicted octanol–water partition coefficient (Wildman–Crippen LogP) is 5.54. The topological polar surface area (TPSA) is 0 Å². The second-order valence-electron chi connectivity index (χ2n) is 5.39. The normalized spacial score (nSPS) is 10.9. The van der Waals surface area contributed by atoms with Crippen LogP contribution >= 0.6 is 0 Å². The van der Waals surface area contributed by atoms with Gasteiger partial charge in [-0.25, -0.2) is 4.39 Å². The molecule has 3 aromatic rings. The Morgan fingerprint density at radius 1 is 0.636 bits per heavy atom. The van der Waals surface area contributed by atoms with Crippen LogP contribution in [0.2, 0.25) is 0 Å². The van der Waals surface area contributed by atoms with Crippen LogP contribution in [-0.2, 0) is 10.9 Å². The molecule has 0 fully saturated rings. The van der Waals surface area contributed by atoms with Crippen molar-refractivity contribution in [2.24, 2.45) is 0 Å². The molecule has 0 N–H and O–H groups in total. The van der Waals surface area contributed by atoms with Crippen LogP contribution in [0.15, 0.2) is 87.5 Å². The second kappa shape index (κ2) is 6.37. The van der Waals surface area contributed by atoms with Crippen LogP contribution in [0.1, 0.15) is 11.1 Å². The van der Waals surface area contributed by atoms with Crippen LogP contribution in [0.4, 0.5) is 4.39 Å². The van der Waals surface area contributed by atoms with Gasteiger partial charge in [0.05, 0.1) is 10.9 Å². The van der Waals surface area contributed by atoms with Crippen molar-refractivity contribution in [3.05, 3.63) is 89.7 Å². The van der Waals surface area contributed by atoms with E-state index in [0.717, 1.165) is 4.90 Å². The fraction of sp³-hybridized carbons (Fsp3) is 0.100. The van der Waals surface area contributed by atoms with Crippen molar-refractivity contribution in [2.45, 2.75) is 28.5 Å². The molecule has 2 heteroatoms. The lowest BCUT2D eigenvalue weighted by Crippen LogP contribution is -2.05. The van der Waals surface area contributed by atoms with Crippen molar-refractivity contribution in [1.82, 2.24) is 0 Å². The monoisotopic (exact) mass is 309 g/mol. The number of benzene rings is 3. The molecule has 0 aliphatic carbocycles. The molecular formula is C20H18FS+. The average molecular weight is 309 g/mol. The van der Waals surface area contributed by atoms with E-state index in [0.29, 0.717) is 0 Å². The minimum atomic E-state index is -0.281. The summed E-state index contributed by atoms with van der Waals surface area (Å²) in [4.78, 5) is 3.42. The summed E-state index contributed by atoms with van der Waals surface area (Å²) < 4.78 is 13.7. The van der Waals surface area contributed by atoms with Crippen LogP contribution in [-0.4, -0.2) is 0 Å². The summed E-state index contributed by atoms with van der Waals surface area (Å²) in [5.74, 6) is -0.186. The van der Waals surface area contributed by atoms with Gasteiger partial charge in [-0.15, -0.1) is 0 Å². The quantitative estimate of drug-likeness (QED) is 0.557. The zero-order valence-electron chi connectivity index (χ0n) is 12.7. The Morgan fingerprint density at radius 3 is 1.59 bits per heavy atom. The van der Waals surface area contributed by atoms with E-state index in [2.05, 4.69) is 62.4 Å². The zero-order valence-corrected chi connectivity index (χ0v) is 13.5. The van der Waals surface area contributed by atoms with Gasteiger partial charge in [-0.2, -0.15) is 0 Å². The number of hydrogen-bond donors (Lipinski definition) is 0. The first-order chi connectivity index (χ1) is 10.6. The van der Waals surface area contributed by atoms with Crippen molar-refractivity contribution in [3.8, 4) is 0 Å². The lowest BCUT2D eigenvalue weighted by Gasteiger charge is -2.08. The Hall–Kier alpha value is -2.06. The van der Waals surface area contributed by atoms with Gasteiger partial charge in [-0.1, -0.05) is 41.5 Å². The highest BCUT2D eigenvalue weighted by Gasteiger charge is 2.28. The third-order valence-corrected chi connectivity index (χ3v) is 5.76. The molecule has 0 amide bonds. The number of halogens is 1. The first kappa shape index (κ1) is 14.9. The van der Waals surface area contributed by atoms with Gasteiger partial charge in [0.15, 0.2) is 14.7 Å². The van der Waals surface area contributed by atoms with E-state index in [9.17, 15) is 4.39 Å². The molecule has 0 nitrogen and oxygen atoms in total. The standard InChI is InChI=1S/C20H18FS/c1-15-6-10-18(11-7-15)22(19-12-8-16(2)9-13-19)20-5-3-4-17(21)14-20/h3-14H,1-2H3/q+1. The molecule has 0 heterocycles. The smallest absolute Gasteiger partial charge is 0.169 e. The minimum Gasteiger partial charge on any atom is -0.207 e. The fourth-order valence-electron chi connectivity index (χ4n) is 2.35. The SMILES string of the molecule is Cc1ccc([S+](c2ccc(C)cc2)c2cccc(F)c2)cc1. The molecule has 3 rings (SSSR count). The lowest BCUT2D eigenvalue weighted by molar-refractivity contribution is 0.624. The molecule has 110 valence electrons. The molecule has 0 bridgehead atoms. The Morgan fingerprint density at radius 2 is 1.14 bits per heavy atom. The van der Waals surface area contributed by atoms with E-state index in [4.69, 9.17) is 0 Å². The maximum Gasteiger partial charge on any atom is 0.169 e. The summed E-state index contributed by atoms with van der Waals surface area (Å²) in [5, 5.41) is 0.